The van der Waals surface area contributed by atoms with Crippen molar-refractivity contribution in [3.8, 4) is 0 Å². The molecule has 0 saturated heterocycles. The van der Waals surface area contributed by atoms with Crippen LogP contribution in [0.4, 0.5) is 22.0 Å². The lowest BCUT2D eigenvalue weighted by Crippen LogP contribution is -2.42. The first kappa shape index (κ1) is 13.3. The zero-order chi connectivity index (χ0) is 11.6. The largest absolute Gasteiger partial charge is 0.459 e. The fourth-order valence-electron chi connectivity index (χ4n) is 0.502. The number of rotatable bonds is 4. The fraction of sp³-hybridized carbons (Fsp3) is 0.857. The van der Waals surface area contributed by atoms with Crippen molar-refractivity contribution in [2.45, 2.75) is 26.1 Å². The first-order valence-corrected chi connectivity index (χ1v) is 3.70. The van der Waals surface area contributed by atoms with E-state index < -0.39 is 24.7 Å². The molecule has 0 aliphatic rings. The Kier molecular flexibility index (Phi) is 3.99. The van der Waals surface area contributed by atoms with E-state index in [1.807, 2.05) is 0 Å². The first-order chi connectivity index (χ1) is 6.07. The van der Waals surface area contributed by atoms with Gasteiger partial charge in [0, 0.05) is 0 Å². The Labute approximate surface area is 77.0 Å². The van der Waals surface area contributed by atoms with Gasteiger partial charge in [0.2, 0.25) is 0 Å². The molecule has 0 radical (unpaired) electrons. The lowest BCUT2D eigenvalue weighted by atomic mass is 10.2. The molecule has 0 aliphatic carbocycles. The van der Waals surface area contributed by atoms with Gasteiger partial charge in [0.15, 0.2) is 0 Å². The number of ketones is 1. The molecule has 0 spiro atoms. The maximum Gasteiger partial charge on any atom is 0.459 e. The van der Waals surface area contributed by atoms with E-state index in [4.69, 9.17) is 0 Å². The molecule has 0 N–H and O–H groups in total. The molecule has 0 rings (SSSR count). The molecule has 0 fully saturated rings. The fourth-order valence-corrected chi connectivity index (χ4v) is 0.502. The van der Waals surface area contributed by atoms with Crippen LogP contribution in [-0.2, 0) is 9.53 Å². The van der Waals surface area contributed by atoms with Crippen LogP contribution in [0.3, 0.4) is 0 Å². The molecular formula is C7H9F5O2. The van der Waals surface area contributed by atoms with E-state index in [0.717, 1.165) is 0 Å². The van der Waals surface area contributed by atoms with E-state index in [-0.39, 0.29) is 5.92 Å². The summed E-state index contributed by atoms with van der Waals surface area (Å²) < 4.78 is 63.0. The van der Waals surface area contributed by atoms with Gasteiger partial charge in [0.05, 0.1) is 6.61 Å². The number of carbonyl (C=O) groups is 1. The van der Waals surface area contributed by atoms with E-state index in [0.29, 0.717) is 0 Å². The van der Waals surface area contributed by atoms with Gasteiger partial charge in [0.1, 0.15) is 0 Å². The van der Waals surface area contributed by atoms with E-state index in [1.54, 1.807) is 0 Å². The zero-order valence-corrected chi connectivity index (χ0v) is 7.49. The quantitative estimate of drug-likeness (QED) is 0.680. The van der Waals surface area contributed by atoms with Gasteiger partial charge in [-0.1, -0.05) is 13.8 Å². The molecule has 2 nitrogen and oxygen atoms in total. The third kappa shape index (κ3) is 3.99. The van der Waals surface area contributed by atoms with E-state index in [1.165, 1.54) is 13.8 Å². The monoisotopic (exact) mass is 220 g/mol. The van der Waals surface area contributed by atoms with Crippen LogP contribution in [0.25, 0.3) is 0 Å². The van der Waals surface area contributed by atoms with Crippen LogP contribution in [0.1, 0.15) is 13.8 Å². The molecule has 0 aliphatic heterocycles. The minimum Gasteiger partial charge on any atom is -0.314 e. The van der Waals surface area contributed by atoms with Crippen molar-refractivity contribution in [2.24, 2.45) is 5.92 Å². The molecule has 0 bridgehead atoms. The Hall–Kier alpha value is -0.720. The molecule has 84 valence electrons. The Morgan fingerprint density at radius 2 is 1.64 bits per heavy atom. The maximum absolute atomic E-state index is 12.4. The summed E-state index contributed by atoms with van der Waals surface area (Å²) in [6.45, 7) is 2.32. The molecule has 0 atom stereocenters. The highest BCUT2D eigenvalue weighted by molar-refractivity contribution is 5.89. The summed E-state index contributed by atoms with van der Waals surface area (Å²) in [5, 5.41) is 0. The van der Waals surface area contributed by atoms with Gasteiger partial charge in [-0.05, 0) is 5.92 Å². The summed E-state index contributed by atoms with van der Waals surface area (Å²) in [6.07, 6.45) is -10.4. The number of alkyl halides is 5. The summed E-state index contributed by atoms with van der Waals surface area (Å²) in [6, 6.07) is 0. The van der Waals surface area contributed by atoms with E-state index >= 15 is 0 Å². The Bertz CT molecular complexity index is 209. The molecule has 0 amide bonds. The minimum atomic E-state index is -5.58. The van der Waals surface area contributed by atoms with Crippen LogP contribution in [0.2, 0.25) is 0 Å². The number of hydrogen-bond donors (Lipinski definition) is 0. The normalized spacial score (nSPS) is 13.4. The third-order valence-corrected chi connectivity index (χ3v) is 1.12. The van der Waals surface area contributed by atoms with Gasteiger partial charge < -0.3 is 4.74 Å². The zero-order valence-electron chi connectivity index (χ0n) is 7.49. The van der Waals surface area contributed by atoms with Crippen molar-refractivity contribution in [1.82, 2.24) is 0 Å². The van der Waals surface area contributed by atoms with Crippen molar-refractivity contribution >= 4 is 5.78 Å². The standard InChI is InChI=1S/C7H9F5O2/c1-4(2)3-14-7(11,12)5(13)6(8,9)10/h4H,3H2,1-2H3. The second kappa shape index (κ2) is 4.20. The molecule has 0 aromatic carbocycles. The molecule has 0 unspecified atom stereocenters. The molecule has 0 aromatic rings. The van der Waals surface area contributed by atoms with Gasteiger partial charge in [0.25, 0.3) is 0 Å². The highest BCUT2D eigenvalue weighted by Crippen LogP contribution is 2.28. The summed E-state index contributed by atoms with van der Waals surface area (Å²) >= 11 is 0. The van der Waals surface area contributed by atoms with Crippen LogP contribution in [0.15, 0.2) is 0 Å². The average Bonchev–Trinajstić information content (AvgIpc) is 1.98. The van der Waals surface area contributed by atoms with Crippen molar-refractivity contribution in [3.63, 3.8) is 0 Å². The summed E-state index contributed by atoms with van der Waals surface area (Å²) in [7, 11) is 0. The molecule has 0 heterocycles. The van der Waals surface area contributed by atoms with Crippen LogP contribution in [0.5, 0.6) is 0 Å². The lowest BCUT2D eigenvalue weighted by molar-refractivity contribution is -0.260. The SMILES string of the molecule is CC(C)COC(F)(F)C(=O)C(F)(F)F. The molecule has 14 heavy (non-hydrogen) atoms. The van der Waals surface area contributed by atoms with Gasteiger partial charge in [-0.3, -0.25) is 4.79 Å². The van der Waals surface area contributed by atoms with Gasteiger partial charge in [-0.2, -0.15) is 22.0 Å². The lowest BCUT2D eigenvalue weighted by Gasteiger charge is -2.17. The maximum atomic E-state index is 12.4. The number of hydrogen-bond acceptors (Lipinski definition) is 2. The highest BCUT2D eigenvalue weighted by Gasteiger charge is 2.56. The van der Waals surface area contributed by atoms with Gasteiger partial charge >= 0.3 is 18.1 Å². The van der Waals surface area contributed by atoms with Crippen molar-refractivity contribution in [1.29, 1.82) is 0 Å². The van der Waals surface area contributed by atoms with Crippen LogP contribution in [-0.4, -0.2) is 24.7 Å². The molecule has 7 heteroatoms. The number of halogens is 5. The Morgan fingerprint density at radius 1 is 1.21 bits per heavy atom. The minimum absolute atomic E-state index is 0.387. The van der Waals surface area contributed by atoms with Crippen molar-refractivity contribution in [2.75, 3.05) is 6.61 Å². The van der Waals surface area contributed by atoms with Crippen LogP contribution < -0.4 is 0 Å². The second-order valence-corrected chi connectivity index (χ2v) is 3.05. The smallest absolute Gasteiger partial charge is 0.314 e. The number of Topliss-reactive ketones (excluding diaryl/α,β-unsaturated/α-hetero) is 1. The molecule has 0 aromatic heterocycles. The Balaban J connectivity index is 4.39. The predicted octanol–water partition coefficient (Wildman–Crippen LogP) is 2.38. The van der Waals surface area contributed by atoms with Crippen LogP contribution >= 0.6 is 0 Å². The van der Waals surface area contributed by atoms with E-state index in [2.05, 4.69) is 4.74 Å². The number of ether oxygens (including phenoxy) is 1. The second-order valence-electron chi connectivity index (χ2n) is 3.05. The molecular weight excluding hydrogens is 211 g/mol. The Morgan fingerprint density at radius 3 is 1.93 bits per heavy atom. The van der Waals surface area contributed by atoms with Gasteiger partial charge in [-0.25, -0.2) is 0 Å². The summed E-state index contributed by atoms with van der Waals surface area (Å²) in [5.41, 5.74) is 0. The highest BCUT2D eigenvalue weighted by atomic mass is 19.4. The summed E-state index contributed by atoms with van der Waals surface area (Å²) in [4.78, 5) is 10.1. The molecule has 0 saturated carbocycles. The summed E-state index contributed by atoms with van der Waals surface area (Å²) in [5.74, 6) is -3.56. The van der Waals surface area contributed by atoms with Crippen LogP contribution in [0, 0.1) is 5.92 Å². The topological polar surface area (TPSA) is 26.3 Å². The van der Waals surface area contributed by atoms with Crippen molar-refractivity contribution < 1.29 is 31.5 Å². The predicted molar refractivity (Wildman–Crippen MR) is 36.8 cm³/mol. The first-order valence-electron chi connectivity index (χ1n) is 3.70. The van der Waals surface area contributed by atoms with Gasteiger partial charge in [-0.15, -0.1) is 0 Å². The van der Waals surface area contributed by atoms with Crippen molar-refractivity contribution in [3.05, 3.63) is 0 Å². The average molecular weight is 220 g/mol. The number of carbonyl (C=O) groups excluding carboxylic acids is 1. The third-order valence-electron chi connectivity index (χ3n) is 1.12. The van der Waals surface area contributed by atoms with E-state index in [9.17, 15) is 26.7 Å².